The van der Waals surface area contributed by atoms with Crippen LogP contribution in [0.25, 0.3) is 16.9 Å². The number of fused-ring (bicyclic) bond motifs is 1. The Morgan fingerprint density at radius 2 is 1.89 bits per heavy atom. The van der Waals surface area contributed by atoms with Crippen LogP contribution in [-0.2, 0) is 13.5 Å². The highest BCUT2D eigenvalue weighted by atomic mass is 15.3. The number of aryl methyl sites for hydroxylation is 3. The Morgan fingerprint density at radius 1 is 1.21 bits per heavy atom. The van der Waals surface area contributed by atoms with Crippen molar-refractivity contribution in [3.8, 4) is 5.69 Å². The predicted molar refractivity (Wildman–Crippen MR) is 76.4 cm³/mol. The van der Waals surface area contributed by atoms with Crippen LogP contribution in [0.15, 0.2) is 24.3 Å². The molecular formula is C14H17N5. The van der Waals surface area contributed by atoms with E-state index in [1.165, 1.54) is 5.56 Å². The Kier molecular flexibility index (Phi) is 2.55. The topological polar surface area (TPSA) is 61.7 Å². The summed E-state index contributed by atoms with van der Waals surface area (Å²) in [6, 6.07) is 8.37. The van der Waals surface area contributed by atoms with Gasteiger partial charge in [-0.05, 0) is 31.0 Å². The molecule has 0 aliphatic carbocycles. The van der Waals surface area contributed by atoms with Crippen LogP contribution in [0.1, 0.15) is 18.2 Å². The Bertz CT molecular complexity index is 733. The lowest BCUT2D eigenvalue weighted by molar-refractivity contribution is 0.762. The van der Waals surface area contributed by atoms with E-state index in [0.29, 0.717) is 5.95 Å². The van der Waals surface area contributed by atoms with E-state index in [1.807, 2.05) is 23.2 Å². The van der Waals surface area contributed by atoms with Gasteiger partial charge in [-0.2, -0.15) is 5.10 Å². The van der Waals surface area contributed by atoms with Crippen molar-refractivity contribution in [2.75, 3.05) is 5.73 Å². The molecular weight excluding hydrogens is 238 g/mol. The maximum atomic E-state index is 6.05. The Hall–Kier alpha value is -2.30. The monoisotopic (exact) mass is 255 g/mol. The number of benzene rings is 1. The molecule has 98 valence electrons. The smallest absolute Gasteiger partial charge is 0.207 e. The van der Waals surface area contributed by atoms with Crippen LogP contribution < -0.4 is 5.73 Å². The molecule has 2 heterocycles. The molecule has 0 saturated heterocycles. The first-order chi connectivity index (χ1) is 9.11. The van der Waals surface area contributed by atoms with E-state index in [1.54, 1.807) is 0 Å². The van der Waals surface area contributed by atoms with Crippen molar-refractivity contribution in [3.63, 3.8) is 0 Å². The van der Waals surface area contributed by atoms with Crippen molar-refractivity contribution < 1.29 is 0 Å². The highest BCUT2D eigenvalue weighted by Crippen LogP contribution is 2.24. The van der Waals surface area contributed by atoms with Gasteiger partial charge in [-0.1, -0.05) is 19.1 Å². The Morgan fingerprint density at radius 3 is 2.53 bits per heavy atom. The quantitative estimate of drug-likeness (QED) is 0.763. The Balaban J connectivity index is 2.25. The average Bonchev–Trinajstić information content (AvgIpc) is 2.88. The second kappa shape index (κ2) is 4.12. The van der Waals surface area contributed by atoms with Gasteiger partial charge in [0.25, 0.3) is 0 Å². The molecule has 0 aliphatic heterocycles. The van der Waals surface area contributed by atoms with E-state index in [2.05, 4.69) is 41.3 Å². The van der Waals surface area contributed by atoms with Gasteiger partial charge in [-0.3, -0.25) is 4.57 Å². The van der Waals surface area contributed by atoms with Crippen LogP contribution in [-0.4, -0.2) is 19.3 Å². The van der Waals surface area contributed by atoms with E-state index in [-0.39, 0.29) is 0 Å². The van der Waals surface area contributed by atoms with Crippen LogP contribution in [0.5, 0.6) is 0 Å². The summed E-state index contributed by atoms with van der Waals surface area (Å²) >= 11 is 0. The highest BCUT2D eigenvalue weighted by Gasteiger charge is 2.16. The molecule has 0 radical (unpaired) electrons. The number of nitrogens with zero attached hydrogens (tertiary/aromatic N) is 4. The fourth-order valence-electron chi connectivity index (χ4n) is 2.42. The summed E-state index contributed by atoms with van der Waals surface area (Å²) in [4.78, 5) is 4.41. The minimum absolute atomic E-state index is 0.496. The van der Waals surface area contributed by atoms with Gasteiger partial charge in [0.1, 0.15) is 5.52 Å². The standard InChI is InChI=1S/C14H17N5/c1-4-10-5-7-11(8-6-10)19-13-12(16-14(19)15)9(2)17-18(13)3/h5-8H,4H2,1-3H3,(H2,15,16). The lowest BCUT2D eigenvalue weighted by Gasteiger charge is -2.07. The second-order valence-electron chi connectivity index (χ2n) is 4.71. The first-order valence-electron chi connectivity index (χ1n) is 6.38. The third kappa shape index (κ3) is 1.69. The van der Waals surface area contributed by atoms with Gasteiger partial charge in [0, 0.05) is 7.05 Å². The van der Waals surface area contributed by atoms with Crippen molar-refractivity contribution in [1.29, 1.82) is 0 Å². The minimum Gasteiger partial charge on any atom is -0.369 e. The van der Waals surface area contributed by atoms with Crippen molar-refractivity contribution in [2.24, 2.45) is 7.05 Å². The number of nitrogens with two attached hydrogens (primary N) is 1. The molecule has 5 nitrogen and oxygen atoms in total. The summed E-state index contributed by atoms with van der Waals surface area (Å²) in [7, 11) is 1.91. The minimum atomic E-state index is 0.496. The van der Waals surface area contributed by atoms with Crippen LogP contribution >= 0.6 is 0 Å². The normalized spacial score (nSPS) is 11.3. The summed E-state index contributed by atoms with van der Waals surface area (Å²) in [6.07, 6.45) is 1.03. The summed E-state index contributed by atoms with van der Waals surface area (Å²) in [5.74, 6) is 0.496. The summed E-state index contributed by atoms with van der Waals surface area (Å²) in [5, 5.41) is 4.39. The molecule has 0 atom stereocenters. The number of anilines is 1. The van der Waals surface area contributed by atoms with Gasteiger partial charge in [-0.15, -0.1) is 0 Å². The number of hydrogen-bond acceptors (Lipinski definition) is 3. The van der Waals surface area contributed by atoms with Crippen LogP contribution in [0, 0.1) is 6.92 Å². The molecule has 0 bridgehead atoms. The first-order valence-corrected chi connectivity index (χ1v) is 6.38. The van der Waals surface area contributed by atoms with Gasteiger partial charge in [-0.25, -0.2) is 9.67 Å². The summed E-state index contributed by atoms with van der Waals surface area (Å²) in [6.45, 7) is 4.09. The maximum Gasteiger partial charge on any atom is 0.207 e. The predicted octanol–water partition coefficient (Wildman–Crippen LogP) is 2.21. The van der Waals surface area contributed by atoms with E-state index in [4.69, 9.17) is 5.73 Å². The molecule has 2 N–H and O–H groups in total. The molecule has 5 heteroatoms. The van der Waals surface area contributed by atoms with E-state index >= 15 is 0 Å². The molecule has 1 aromatic carbocycles. The third-order valence-corrected chi connectivity index (χ3v) is 3.43. The molecule has 0 spiro atoms. The molecule has 0 amide bonds. The van der Waals surface area contributed by atoms with E-state index in [9.17, 15) is 0 Å². The summed E-state index contributed by atoms with van der Waals surface area (Å²) < 4.78 is 3.76. The molecule has 19 heavy (non-hydrogen) atoms. The van der Waals surface area contributed by atoms with Crippen LogP contribution in [0.3, 0.4) is 0 Å². The van der Waals surface area contributed by atoms with Crippen molar-refractivity contribution in [3.05, 3.63) is 35.5 Å². The summed E-state index contributed by atoms with van der Waals surface area (Å²) in [5.41, 5.74) is 11.1. The fraction of sp³-hybridized carbons (Fsp3) is 0.286. The first kappa shape index (κ1) is 11.8. The second-order valence-corrected chi connectivity index (χ2v) is 4.71. The van der Waals surface area contributed by atoms with E-state index in [0.717, 1.165) is 29.0 Å². The number of nitrogen functional groups attached to an aromatic ring is 1. The van der Waals surface area contributed by atoms with Crippen molar-refractivity contribution in [1.82, 2.24) is 19.3 Å². The number of hydrogen-bond donors (Lipinski definition) is 1. The molecule has 0 aliphatic rings. The molecule has 2 aromatic heterocycles. The fourth-order valence-corrected chi connectivity index (χ4v) is 2.42. The molecule has 0 fully saturated rings. The number of aromatic nitrogens is 4. The lowest BCUT2D eigenvalue weighted by Crippen LogP contribution is -2.04. The molecule has 3 aromatic rings. The average molecular weight is 255 g/mol. The lowest BCUT2D eigenvalue weighted by atomic mass is 10.1. The maximum absolute atomic E-state index is 6.05. The van der Waals surface area contributed by atoms with Gasteiger partial charge < -0.3 is 5.73 Å². The largest absolute Gasteiger partial charge is 0.369 e. The molecule has 0 saturated carbocycles. The van der Waals surface area contributed by atoms with Crippen molar-refractivity contribution >= 4 is 17.1 Å². The van der Waals surface area contributed by atoms with Gasteiger partial charge in [0.15, 0.2) is 5.65 Å². The number of rotatable bonds is 2. The molecule has 0 unspecified atom stereocenters. The third-order valence-electron chi connectivity index (χ3n) is 3.43. The molecule has 3 rings (SSSR count). The van der Waals surface area contributed by atoms with Crippen LogP contribution in [0.4, 0.5) is 5.95 Å². The van der Waals surface area contributed by atoms with E-state index < -0.39 is 0 Å². The zero-order chi connectivity index (χ0) is 13.6. The van der Waals surface area contributed by atoms with Gasteiger partial charge in [0.2, 0.25) is 5.95 Å². The Labute approximate surface area is 111 Å². The van der Waals surface area contributed by atoms with Gasteiger partial charge in [0.05, 0.1) is 11.4 Å². The highest BCUT2D eigenvalue weighted by molar-refractivity contribution is 5.79. The zero-order valence-corrected chi connectivity index (χ0v) is 11.4. The van der Waals surface area contributed by atoms with Crippen molar-refractivity contribution in [2.45, 2.75) is 20.3 Å². The number of imidazole rings is 1. The zero-order valence-electron chi connectivity index (χ0n) is 11.4. The van der Waals surface area contributed by atoms with Gasteiger partial charge >= 0.3 is 0 Å². The van der Waals surface area contributed by atoms with Crippen LogP contribution in [0.2, 0.25) is 0 Å². The SMILES string of the molecule is CCc1ccc(-n2c(N)nc3c(C)nn(C)c32)cc1.